The Morgan fingerprint density at radius 1 is 1.28 bits per heavy atom. The van der Waals surface area contributed by atoms with Crippen LogP contribution >= 0.6 is 7.82 Å². The van der Waals surface area contributed by atoms with Crippen LogP contribution in [0.25, 0.3) is 0 Å². The van der Waals surface area contributed by atoms with Crippen molar-refractivity contribution in [3.8, 4) is 5.75 Å². The summed E-state index contributed by atoms with van der Waals surface area (Å²) in [7, 11) is -8.69. The maximum atomic E-state index is 10.7. The number of aromatic hydroxyl groups is 1. The number of nitrogens with zero attached hydrogens (tertiary/aromatic N) is 3. The van der Waals surface area contributed by atoms with Crippen LogP contribution in [-0.2, 0) is 25.8 Å². The summed E-state index contributed by atoms with van der Waals surface area (Å²) < 4.78 is 44.6. The van der Waals surface area contributed by atoms with Crippen molar-refractivity contribution in [3.05, 3.63) is 52.8 Å². The van der Waals surface area contributed by atoms with E-state index in [0.29, 0.717) is 0 Å². The Labute approximate surface area is 183 Å². The van der Waals surface area contributed by atoms with Crippen LogP contribution in [0.3, 0.4) is 0 Å². The summed E-state index contributed by atoms with van der Waals surface area (Å²) in [6.07, 6.45) is 2.34. The number of guanidine groups is 1. The summed E-state index contributed by atoms with van der Waals surface area (Å²) in [6.45, 7) is 2.87. The van der Waals surface area contributed by atoms with Crippen molar-refractivity contribution < 1.29 is 42.2 Å². The van der Waals surface area contributed by atoms with E-state index >= 15 is 0 Å². The molecular weight excluding hydrogens is 469 g/mol. The zero-order valence-electron chi connectivity index (χ0n) is 16.8. The first-order valence-electron chi connectivity index (χ1n) is 8.43. The summed E-state index contributed by atoms with van der Waals surface area (Å²) in [5.74, 6) is -0.638. The molecule has 0 radical (unpaired) electrons. The lowest BCUT2D eigenvalue weighted by atomic mass is 10.1. The number of pyridine rings is 1. The van der Waals surface area contributed by atoms with Crippen molar-refractivity contribution in [1.82, 2.24) is 10.5 Å². The van der Waals surface area contributed by atoms with Crippen LogP contribution in [0.5, 0.6) is 5.75 Å². The molecule has 0 aliphatic rings. The average molecular weight is 491 g/mol. The molecule has 1 aromatic carbocycles. The van der Waals surface area contributed by atoms with Gasteiger partial charge in [0.1, 0.15) is 5.75 Å². The average Bonchev–Trinajstić information content (AvgIpc) is 2.69. The number of nitrogens with one attached hydrogen (secondary N) is 1. The van der Waals surface area contributed by atoms with Crippen LogP contribution in [0, 0.1) is 13.8 Å². The van der Waals surface area contributed by atoms with Crippen molar-refractivity contribution in [3.63, 3.8) is 0 Å². The largest absolute Gasteiger partial charge is 0.505 e. The quantitative estimate of drug-likeness (QED) is 0.0965. The predicted octanol–water partition coefficient (Wildman–Crippen LogP) is 0.574. The van der Waals surface area contributed by atoms with Crippen LogP contribution in [0.4, 0.5) is 0 Å². The summed E-state index contributed by atoms with van der Waals surface area (Å²) in [4.78, 5) is 21.1. The number of hydrogen-bond acceptors (Lipinski definition) is 9. The highest BCUT2D eigenvalue weighted by Crippen LogP contribution is 2.37. The molecule has 0 fully saturated rings. The molecule has 0 bridgehead atoms. The molecule has 14 nitrogen and oxygen atoms in total. The highest BCUT2D eigenvalue weighted by molar-refractivity contribution is 7.85. The maximum absolute atomic E-state index is 10.7. The number of phosphoric ester groups is 1. The molecule has 0 aliphatic carbocycles. The van der Waals surface area contributed by atoms with E-state index in [4.69, 9.17) is 25.3 Å². The molecule has 176 valence electrons. The zero-order valence-corrected chi connectivity index (χ0v) is 18.5. The second-order valence-electron chi connectivity index (χ2n) is 6.02. The van der Waals surface area contributed by atoms with E-state index in [0.717, 1.165) is 11.8 Å². The molecule has 2 aromatic rings. The second-order valence-corrected chi connectivity index (χ2v) is 8.69. The van der Waals surface area contributed by atoms with E-state index in [1.165, 1.54) is 25.3 Å². The second kappa shape index (κ2) is 11.6. The summed E-state index contributed by atoms with van der Waals surface area (Å²) in [5, 5.41) is 25.1. The minimum Gasteiger partial charge on any atom is -0.505 e. The van der Waals surface area contributed by atoms with Crippen LogP contribution < -0.4 is 11.2 Å². The molecule has 32 heavy (non-hydrogen) atoms. The maximum Gasteiger partial charge on any atom is 0.469 e. The molecule has 8 N–H and O–H groups in total. The SMILES string of the molecule is Cc1ccc(S(=O)(=O)O)cc1.Cc1ncc(COP(=O)(O)O)c(/C=N/N=C(/N)NO)c1O. The van der Waals surface area contributed by atoms with Crippen LogP contribution in [0.1, 0.15) is 22.4 Å². The fraction of sp³-hybridized carbons (Fsp3) is 0.188. The highest BCUT2D eigenvalue weighted by atomic mass is 32.2. The minimum absolute atomic E-state index is 0.0666. The molecule has 2 rings (SSSR count). The predicted molar refractivity (Wildman–Crippen MR) is 113 cm³/mol. The van der Waals surface area contributed by atoms with E-state index in [-0.39, 0.29) is 33.4 Å². The third-order valence-electron chi connectivity index (χ3n) is 3.53. The Kier molecular flexibility index (Phi) is 9.86. The van der Waals surface area contributed by atoms with Crippen LogP contribution in [0.15, 0.2) is 45.6 Å². The summed E-state index contributed by atoms with van der Waals surface area (Å²) in [5.41, 5.74) is 8.19. The van der Waals surface area contributed by atoms with Gasteiger partial charge in [-0.15, -0.1) is 5.10 Å². The van der Waals surface area contributed by atoms with Gasteiger partial charge in [-0.3, -0.25) is 19.3 Å². The fourth-order valence-electron chi connectivity index (χ4n) is 1.95. The molecule has 0 saturated carbocycles. The molecule has 0 spiro atoms. The standard InChI is InChI=1S/C9H14N5O6P.C7H8O3S/c1-5-8(15)7(3-12-13-9(10)14-16)6(2-11-5)4-20-21(17,18)19;1-6-2-4-7(5-3-6)11(8,9)10/h2-3,15-16H,4H2,1H3,(H3,10,13,14)(H2,17,18,19);2-5H,1H3,(H,8,9,10)/b12-3+;. The van der Waals surface area contributed by atoms with E-state index in [9.17, 15) is 18.1 Å². The van der Waals surface area contributed by atoms with Crippen molar-refractivity contribution in [2.45, 2.75) is 25.3 Å². The smallest absolute Gasteiger partial charge is 0.469 e. The first-order valence-corrected chi connectivity index (χ1v) is 11.4. The van der Waals surface area contributed by atoms with Gasteiger partial charge < -0.3 is 20.6 Å². The number of nitrogens with two attached hydrogens (primary N) is 1. The normalized spacial score (nSPS) is 12.4. The Bertz CT molecular complexity index is 1130. The number of rotatable bonds is 6. The molecular formula is C16H22N5O9PS. The number of hydrogen-bond donors (Lipinski definition) is 7. The van der Waals surface area contributed by atoms with E-state index in [1.54, 1.807) is 17.6 Å². The molecule has 16 heteroatoms. The van der Waals surface area contributed by atoms with Gasteiger partial charge in [-0.2, -0.15) is 13.5 Å². The lowest BCUT2D eigenvalue weighted by Crippen LogP contribution is -2.27. The van der Waals surface area contributed by atoms with Gasteiger partial charge in [-0.25, -0.2) is 10.0 Å². The van der Waals surface area contributed by atoms with Gasteiger partial charge in [0.15, 0.2) is 0 Å². The Hall–Kier alpha value is -2.91. The third kappa shape index (κ3) is 9.49. The van der Waals surface area contributed by atoms with Gasteiger partial charge >= 0.3 is 7.82 Å². The van der Waals surface area contributed by atoms with Crippen molar-refractivity contribution in [2.24, 2.45) is 15.9 Å². The van der Waals surface area contributed by atoms with Gasteiger partial charge in [0.05, 0.1) is 23.4 Å². The highest BCUT2D eigenvalue weighted by Gasteiger charge is 2.17. The van der Waals surface area contributed by atoms with Crippen LogP contribution in [-0.4, -0.2) is 50.2 Å². The van der Waals surface area contributed by atoms with Gasteiger partial charge in [0, 0.05) is 17.3 Å². The van der Waals surface area contributed by atoms with Crippen molar-refractivity contribution in [1.29, 1.82) is 0 Å². The molecule has 1 aromatic heterocycles. The van der Waals surface area contributed by atoms with E-state index < -0.39 is 24.5 Å². The molecule has 0 atom stereocenters. The Morgan fingerprint density at radius 3 is 2.38 bits per heavy atom. The van der Waals surface area contributed by atoms with Crippen molar-refractivity contribution in [2.75, 3.05) is 0 Å². The third-order valence-corrected chi connectivity index (χ3v) is 4.87. The first-order chi connectivity index (χ1) is 14.7. The molecule has 1 heterocycles. The lowest BCUT2D eigenvalue weighted by Gasteiger charge is -2.10. The van der Waals surface area contributed by atoms with E-state index in [2.05, 4.69) is 19.7 Å². The minimum atomic E-state index is -4.67. The van der Waals surface area contributed by atoms with Crippen molar-refractivity contribution >= 4 is 30.1 Å². The van der Waals surface area contributed by atoms with Gasteiger partial charge in [0.25, 0.3) is 10.1 Å². The monoisotopic (exact) mass is 491 g/mol. The van der Waals surface area contributed by atoms with Gasteiger partial charge in [-0.05, 0) is 26.0 Å². The molecule has 0 aliphatic heterocycles. The number of aryl methyl sites for hydroxylation is 2. The van der Waals surface area contributed by atoms with E-state index in [1.807, 2.05) is 6.92 Å². The van der Waals surface area contributed by atoms with Gasteiger partial charge in [0.2, 0.25) is 5.96 Å². The summed E-state index contributed by atoms with van der Waals surface area (Å²) >= 11 is 0. The number of hydroxylamine groups is 1. The van der Waals surface area contributed by atoms with Gasteiger partial charge in [-0.1, -0.05) is 17.7 Å². The number of phosphoric acid groups is 1. The molecule has 0 unspecified atom stereocenters. The molecule has 0 saturated heterocycles. The number of benzene rings is 1. The van der Waals surface area contributed by atoms with Crippen LogP contribution in [0.2, 0.25) is 0 Å². The Morgan fingerprint density at radius 2 is 1.88 bits per heavy atom. The topological polar surface area (TPSA) is 237 Å². The lowest BCUT2D eigenvalue weighted by molar-refractivity contribution is 0.188. The fourth-order valence-corrected chi connectivity index (χ4v) is 2.73. The molecule has 0 amide bonds. The number of aromatic nitrogens is 1. The summed E-state index contributed by atoms with van der Waals surface area (Å²) in [6, 6.07) is 5.99. The zero-order chi connectivity index (χ0) is 24.5. The Balaban J connectivity index is 0.000000389. The first kappa shape index (κ1) is 27.1.